The Kier molecular flexibility index (Phi) is 4.74. The molecule has 0 saturated heterocycles. The molecule has 0 heterocycles. The summed E-state index contributed by atoms with van der Waals surface area (Å²) in [4.78, 5) is 10.3. The average molecular weight is 322 g/mol. The minimum atomic E-state index is -3.78. The van der Waals surface area contributed by atoms with Gasteiger partial charge in [0.1, 0.15) is 5.75 Å². The van der Waals surface area contributed by atoms with Crippen LogP contribution in [0.3, 0.4) is 0 Å². The molecule has 0 aromatic heterocycles. The number of aliphatic hydroxyl groups excluding tert-OH is 1. The summed E-state index contributed by atoms with van der Waals surface area (Å²) in [5.41, 5.74) is 0.868. The number of aliphatic hydroxyl groups is 1. The van der Waals surface area contributed by atoms with Crippen molar-refractivity contribution in [3.8, 4) is 0 Å². The summed E-state index contributed by atoms with van der Waals surface area (Å²) in [6, 6.07) is 11.9. The van der Waals surface area contributed by atoms with E-state index in [4.69, 9.17) is 5.11 Å². The van der Waals surface area contributed by atoms with E-state index in [1.54, 1.807) is 18.2 Å². The van der Waals surface area contributed by atoms with Crippen LogP contribution in [0.5, 0.6) is 0 Å². The zero-order valence-electron chi connectivity index (χ0n) is 11.5. The number of anilines is 1. The number of para-hydroxylation sites is 1. The molecule has 2 aromatic carbocycles. The van der Waals surface area contributed by atoms with E-state index in [9.17, 15) is 18.5 Å². The number of hydrogen-bond acceptors (Lipinski definition) is 5. The van der Waals surface area contributed by atoms with Gasteiger partial charge in [-0.05, 0) is 17.7 Å². The van der Waals surface area contributed by atoms with Crippen molar-refractivity contribution in [2.75, 3.05) is 4.72 Å². The number of nitrogens with one attached hydrogen (secondary N) is 1. The van der Waals surface area contributed by atoms with Gasteiger partial charge in [-0.3, -0.25) is 14.8 Å². The fourth-order valence-corrected chi connectivity index (χ4v) is 3.13. The molecule has 7 nitrogen and oxygen atoms in total. The molecule has 0 spiro atoms. The van der Waals surface area contributed by atoms with Gasteiger partial charge in [0.05, 0.1) is 11.5 Å². The van der Waals surface area contributed by atoms with Gasteiger partial charge in [-0.2, -0.15) is 0 Å². The molecule has 0 atom stereocenters. The maximum absolute atomic E-state index is 12.1. The number of nitro benzene ring substituents is 1. The van der Waals surface area contributed by atoms with Gasteiger partial charge in [0.25, 0.3) is 5.69 Å². The van der Waals surface area contributed by atoms with Crippen molar-refractivity contribution in [2.24, 2.45) is 0 Å². The molecule has 0 aliphatic rings. The molecule has 0 aliphatic carbocycles. The minimum absolute atomic E-state index is 0.118. The summed E-state index contributed by atoms with van der Waals surface area (Å²) in [5, 5.41) is 19.8. The molecule has 0 radical (unpaired) electrons. The number of nitrogens with zero attached hydrogens (tertiary/aromatic N) is 1. The van der Waals surface area contributed by atoms with E-state index >= 15 is 0 Å². The Morgan fingerprint density at radius 3 is 2.32 bits per heavy atom. The van der Waals surface area contributed by atoms with Crippen molar-refractivity contribution >= 4 is 21.4 Å². The Labute approximate surface area is 127 Å². The van der Waals surface area contributed by atoms with E-state index in [-0.39, 0.29) is 17.9 Å². The van der Waals surface area contributed by atoms with E-state index in [1.807, 2.05) is 0 Å². The molecular formula is C14H14N2O5S. The summed E-state index contributed by atoms with van der Waals surface area (Å²) >= 11 is 0. The van der Waals surface area contributed by atoms with Gasteiger partial charge < -0.3 is 5.11 Å². The van der Waals surface area contributed by atoms with Crippen LogP contribution in [-0.2, 0) is 22.4 Å². The minimum Gasteiger partial charge on any atom is -0.392 e. The van der Waals surface area contributed by atoms with Crippen molar-refractivity contribution in [1.29, 1.82) is 0 Å². The molecule has 0 amide bonds. The van der Waals surface area contributed by atoms with Gasteiger partial charge in [-0.1, -0.05) is 30.3 Å². The molecule has 0 unspecified atom stereocenters. The van der Waals surface area contributed by atoms with E-state index in [2.05, 4.69) is 4.72 Å². The largest absolute Gasteiger partial charge is 0.392 e. The van der Waals surface area contributed by atoms with Gasteiger partial charge in [-0.15, -0.1) is 0 Å². The SMILES string of the molecule is O=[N+]([O-])c1ccccc1CS(=O)(=O)Nc1ccc(CO)cc1. The smallest absolute Gasteiger partial charge is 0.273 e. The molecule has 0 saturated carbocycles. The molecule has 2 N–H and O–H groups in total. The van der Waals surface area contributed by atoms with Gasteiger partial charge in [0, 0.05) is 17.3 Å². The summed E-state index contributed by atoms with van der Waals surface area (Å²) in [5.74, 6) is -0.494. The van der Waals surface area contributed by atoms with Crippen LogP contribution >= 0.6 is 0 Å². The summed E-state index contributed by atoms with van der Waals surface area (Å²) in [6.45, 7) is -0.136. The first-order chi connectivity index (χ1) is 10.4. The summed E-state index contributed by atoms with van der Waals surface area (Å²) in [7, 11) is -3.78. The van der Waals surface area contributed by atoms with E-state index < -0.39 is 20.7 Å². The highest BCUT2D eigenvalue weighted by Gasteiger charge is 2.19. The molecule has 22 heavy (non-hydrogen) atoms. The quantitative estimate of drug-likeness (QED) is 0.624. The number of sulfonamides is 1. The van der Waals surface area contributed by atoms with Crippen LogP contribution in [0.25, 0.3) is 0 Å². The second-order valence-electron chi connectivity index (χ2n) is 4.60. The lowest BCUT2D eigenvalue weighted by atomic mass is 10.2. The monoisotopic (exact) mass is 322 g/mol. The molecule has 0 bridgehead atoms. The molecule has 116 valence electrons. The average Bonchev–Trinajstić information content (AvgIpc) is 2.47. The van der Waals surface area contributed by atoms with Crippen molar-refractivity contribution in [2.45, 2.75) is 12.4 Å². The fourth-order valence-electron chi connectivity index (χ4n) is 1.91. The third kappa shape index (κ3) is 4.03. The Morgan fingerprint density at radius 1 is 1.09 bits per heavy atom. The Balaban J connectivity index is 2.19. The number of nitro groups is 1. The number of hydrogen-bond donors (Lipinski definition) is 2. The number of rotatable bonds is 6. The van der Waals surface area contributed by atoms with Crippen molar-refractivity contribution in [3.05, 3.63) is 69.8 Å². The maximum Gasteiger partial charge on any atom is 0.273 e. The van der Waals surface area contributed by atoms with Crippen molar-refractivity contribution in [1.82, 2.24) is 0 Å². The predicted octanol–water partition coefficient (Wildman–Crippen LogP) is 2.03. The topological polar surface area (TPSA) is 110 Å². The zero-order valence-corrected chi connectivity index (χ0v) is 12.3. The Hall–Kier alpha value is -2.45. The highest BCUT2D eigenvalue weighted by molar-refractivity contribution is 7.91. The lowest BCUT2D eigenvalue weighted by Crippen LogP contribution is -2.15. The van der Waals surface area contributed by atoms with Gasteiger partial charge in [0.2, 0.25) is 10.0 Å². The Bertz CT molecular complexity index is 772. The second kappa shape index (κ2) is 6.54. The normalized spacial score (nSPS) is 11.1. The van der Waals surface area contributed by atoms with Crippen molar-refractivity contribution < 1.29 is 18.4 Å². The highest BCUT2D eigenvalue weighted by atomic mass is 32.2. The van der Waals surface area contributed by atoms with Gasteiger partial charge in [0.15, 0.2) is 0 Å². The second-order valence-corrected chi connectivity index (χ2v) is 6.32. The molecular weight excluding hydrogens is 308 g/mol. The van der Waals surface area contributed by atoms with Crippen LogP contribution in [-0.4, -0.2) is 18.4 Å². The lowest BCUT2D eigenvalue weighted by molar-refractivity contribution is -0.385. The fraction of sp³-hybridized carbons (Fsp3) is 0.143. The predicted molar refractivity (Wildman–Crippen MR) is 81.7 cm³/mol. The van der Waals surface area contributed by atoms with Gasteiger partial charge in [-0.25, -0.2) is 8.42 Å². The van der Waals surface area contributed by atoms with Crippen molar-refractivity contribution in [3.63, 3.8) is 0 Å². The maximum atomic E-state index is 12.1. The van der Waals surface area contributed by atoms with Crippen LogP contribution in [0.2, 0.25) is 0 Å². The molecule has 0 aliphatic heterocycles. The Morgan fingerprint density at radius 2 is 1.73 bits per heavy atom. The summed E-state index contributed by atoms with van der Waals surface area (Å²) in [6.07, 6.45) is 0. The summed E-state index contributed by atoms with van der Waals surface area (Å²) < 4.78 is 26.6. The third-order valence-corrected chi connectivity index (χ3v) is 4.18. The van der Waals surface area contributed by atoms with E-state index in [1.165, 1.54) is 30.3 Å². The molecule has 2 aromatic rings. The van der Waals surface area contributed by atoms with Gasteiger partial charge >= 0.3 is 0 Å². The third-order valence-electron chi connectivity index (χ3n) is 2.94. The zero-order chi connectivity index (χ0) is 16.2. The first-order valence-electron chi connectivity index (χ1n) is 6.34. The molecule has 2 rings (SSSR count). The lowest BCUT2D eigenvalue weighted by Gasteiger charge is -2.09. The first-order valence-corrected chi connectivity index (χ1v) is 7.99. The van der Waals surface area contributed by atoms with Crippen LogP contribution in [0, 0.1) is 10.1 Å². The standard InChI is InChI=1S/C14H14N2O5S/c17-9-11-5-7-13(8-6-11)15-22(20,21)10-12-3-1-2-4-14(12)16(18)19/h1-8,15,17H,9-10H2. The first kappa shape index (κ1) is 15.9. The van der Waals surface area contributed by atoms with Crippen LogP contribution in [0.15, 0.2) is 48.5 Å². The molecule has 0 fully saturated rings. The molecule has 8 heteroatoms. The highest BCUT2D eigenvalue weighted by Crippen LogP contribution is 2.21. The van der Waals surface area contributed by atoms with Crippen LogP contribution in [0.1, 0.15) is 11.1 Å². The van der Waals surface area contributed by atoms with E-state index in [0.717, 1.165) is 0 Å². The van der Waals surface area contributed by atoms with E-state index in [0.29, 0.717) is 11.3 Å². The van der Waals surface area contributed by atoms with Crippen LogP contribution in [0.4, 0.5) is 11.4 Å². The van der Waals surface area contributed by atoms with Crippen LogP contribution < -0.4 is 4.72 Å². The number of benzene rings is 2.